The van der Waals surface area contributed by atoms with Gasteiger partial charge in [-0.15, -0.1) is 0 Å². The van der Waals surface area contributed by atoms with E-state index < -0.39 is 5.97 Å². The number of hydrogen-bond acceptors (Lipinski definition) is 3. The second-order valence-electron chi connectivity index (χ2n) is 7.35. The fourth-order valence-electron chi connectivity index (χ4n) is 4.07. The molecule has 1 atom stereocenters. The van der Waals surface area contributed by atoms with E-state index in [-0.39, 0.29) is 23.8 Å². The SMILES string of the molecule is Cc1cc(C)c(OCC(=O)N2CCC3(CC2)CC3C(=O)O)c(C)c1. The summed E-state index contributed by atoms with van der Waals surface area (Å²) in [7, 11) is 0. The number of carboxylic acid groups (broad SMARTS) is 1. The highest BCUT2D eigenvalue weighted by Crippen LogP contribution is 2.59. The van der Waals surface area contributed by atoms with Crippen molar-refractivity contribution in [2.45, 2.75) is 40.0 Å². The summed E-state index contributed by atoms with van der Waals surface area (Å²) in [6.07, 6.45) is 2.35. The maximum Gasteiger partial charge on any atom is 0.307 e. The van der Waals surface area contributed by atoms with Crippen LogP contribution in [-0.4, -0.2) is 41.6 Å². The zero-order valence-electron chi connectivity index (χ0n) is 14.6. The van der Waals surface area contributed by atoms with Crippen molar-refractivity contribution in [3.63, 3.8) is 0 Å². The van der Waals surface area contributed by atoms with Crippen molar-refractivity contribution in [1.29, 1.82) is 0 Å². The largest absolute Gasteiger partial charge is 0.483 e. The van der Waals surface area contributed by atoms with E-state index in [1.54, 1.807) is 4.90 Å². The van der Waals surface area contributed by atoms with Crippen LogP contribution in [0.25, 0.3) is 0 Å². The van der Waals surface area contributed by atoms with E-state index in [0.717, 1.165) is 36.1 Å². The average Bonchev–Trinajstić information content (AvgIpc) is 3.20. The lowest BCUT2D eigenvalue weighted by Crippen LogP contribution is -2.42. The molecule has 1 aromatic carbocycles. The van der Waals surface area contributed by atoms with E-state index >= 15 is 0 Å². The van der Waals surface area contributed by atoms with Crippen molar-refractivity contribution in [3.05, 3.63) is 28.8 Å². The standard InChI is InChI=1S/C19H25NO4/c1-12-8-13(2)17(14(3)9-12)24-11-16(21)20-6-4-19(5-7-20)10-15(19)18(22)23/h8-9,15H,4-7,10-11H2,1-3H3,(H,22,23). The van der Waals surface area contributed by atoms with Gasteiger partial charge < -0.3 is 14.7 Å². The normalized spacial score (nSPS) is 21.6. The molecule has 1 unspecified atom stereocenters. The molecule has 0 aromatic heterocycles. The summed E-state index contributed by atoms with van der Waals surface area (Å²) in [6, 6.07) is 4.10. The minimum Gasteiger partial charge on any atom is -0.483 e. The number of carbonyl (C=O) groups is 2. The van der Waals surface area contributed by atoms with E-state index in [9.17, 15) is 9.59 Å². The van der Waals surface area contributed by atoms with E-state index in [1.807, 2.05) is 20.8 Å². The zero-order valence-corrected chi connectivity index (χ0v) is 14.6. The summed E-state index contributed by atoms with van der Waals surface area (Å²) in [5, 5.41) is 9.13. The molecule has 1 aliphatic heterocycles. The molecule has 2 fully saturated rings. The summed E-state index contributed by atoms with van der Waals surface area (Å²) in [5.74, 6) is -0.125. The quantitative estimate of drug-likeness (QED) is 0.921. The van der Waals surface area contributed by atoms with Crippen molar-refractivity contribution >= 4 is 11.9 Å². The molecular formula is C19H25NO4. The topological polar surface area (TPSA) is 66.8 Å². The summed E-state index contributed by atoms with van der Waals surface area (Å²) >= 11 is 0. The van der Waals surface area contributed by atoms with Crippen LogP contribution < -0.4 is 4.74 Å². The summed E-state index contributed by atoms with van der Waals surface area (Å²) < 4.78 is 5.78. The maximum atomic E-state index is 12.4. The third-order valence-corrected chi connectivity index (χ3v) is 5.54. The molecule has 1 amide bonds. The summed E-state index contributed by atoms with van der Waals surface area (Å²) in [5.41, 5.74) is 3.22. The zero-order chi connectivity index (χ0) is 17.5. The first-order valence-corrected chi connectivity index (χ1v) is 8.54. The first kappa shape index (κ1) is 16.8. The highest BCUT2D eigenvalue weighted by molar-refractivity contribution is 5.78. The number of rotatable bonds is 4. The van der Waals surface area contributed by atoms with Crippen LogP contribution in [0.15, 0.2) is 12.1 Å². The van der Waals surface area contributed by atoms with Crippen LogP contribution >= 0.6 is 0 Å². The lowest BCUT2D eigenvalue weighted by Gasteiger charge is -2.32. The van der Waals surface area contributed by atoms with Gasteiger partial charge in [-0.3, -0.25) is 9.59 Å². The number of carbonyl (C=O) groups excluding carboxylic acids is 1. The monoisotopic (exact) mass is 331 g/mol. The Kier molecular flexibility index (Phi) is 4.28. The van der Waals surface area contributed by atoms with Gasteiger partial charge in [-0.25, -0.2) is 0 Å². The van der Waals surface area contributed by atoms with Crippen LogP contribution in [-0.2, 0) is 9.59 Å². The van der Waals surface area contributed by atoms with Crippen LogP contribution in [0.5, 0.6) is 5.75 Å². The number of amides is 1. The number of aliphatic carboxylic acids is 1. The van der Waals surface area contributed by atoms with Gasteiger partial charge in [-0.05, 0) is 56.6 Å². The highest BCUT2D eigenvalue weighted by atomic mass is 16.5. The second-order valence-corrected chi connectivity index (χ2v) is 7.35. The number of carboxylic acids is 1. The van der Waals surface area contributed by atoms with Crippen molar-refractivity contribution in [3.8, 4) is 5.75 Å². The first-order chi connectivity index (χ1) is 11.3. The van der Waals surface area contributed by atoms with Gasteiger partial charge in [0.05, 0.1) is 5.92 Å². The van der Waals surface area contributed by atoms with Crippen LogP contribution in [0.3, 0.4) is 0 Å². The Labute approximate surface area is 142 Å². The fourth-order valence-corrected chi connectivity index (χ4v) is 4.07. The Morgan fingerprint density at radius 3 is 2.29 bits per heavy atom. The highest BCUT2D eigenvalue weighted by Gasteiger charge is 2.59. The van der Waals surface area contributed by atoms with Crippen molar-refractivity contribution in [1.82, 2.24) is 4.90 Å². The van der Waals surface area contributed by atoms with E-state index in [0.29, 0.717) is 13.1 Å². The Morgan fingerprint density at radius 2 is 1.79 bits per heavy atom. The molecule has 3 rings (SSSR count). The van der Waals surface area contributed by atoms with Gasteiger partial charge in [0.1, 0.15) is 5.75 Å². The number of ether oxygens (including phenoxy) is 1. The summed E-state index contributed by atoms with van der Waals surface area (Å²) in [4.78, 5) is 25.3. The van der Waals surface area contributed by atoms with Gasteiger partial charge in [0.2, 0.25) is 0 Å². The minimum absolute atomic E-state index is 0.0169. The maximum absolute atomic E-state index is 12.4. The van der Waals surface area contributed by atoms with Crippen LogP contribution in [0, 0.1) is 32.1 Å². The number of nitrogens with zero attached hydrogens (tertiary/aromatic N) is 1. The molecule has 1 aliphatic carbocycles. The van der Waals surface area contributed by atoms with E-state index in [2.05, 4.69) is 12.1 Å². The Hall–Kier alpha value is -2.04. The predicted molar refractivity (Wildman–Crippen MR) is 90.1 cm³/mol. The van der Waals surface area contributed by atoms with Crippen LogP contribution in [0.2, 0.25) is 0 Å². The lowest BCUT2D eigenvalue weighted by molar-refractivity contribution is -0.140. The number of hydrogen-bond donors (Lipinski definition) is 1. The molecule has 5 nitrogen and oxygen atoms in total. The average molecular weight is 331 g/mol. The van der Waals surface area contributed by atoms with Gasteiger partial charge in [0.15, 0.2) is 6.61 Å². The number of piperidine rings is 1. The fraction of sp³-hybridized carbons (Fsp3) is 0.579. The van der Waals surface area contributed by atoms with Crippen molar-refractivity contribution < 1.29 is 19.4 Å². The van der Waals surface area contributed by atoms with E-state index in [4.69, 9.17) is 9.84 Å². The van der Waals surface area contributed by atoms with Gasteiger partial charge in [-0.2, -0.15) is 0 Å². The first-order valence-electron chi connectivity index (χ1n) is 8.54. The third-order valence-electron chi connectivity index (χ3n) is 5.54. The molecule has 1 saturated carbocycles. The van der Waals surface area contributed by atoms with Crippen molar-refractivity contribution in [2.75, 3.05) is 19.7 Å². The van der Waals surface area contributed by atoms with Gasteiger partial charge in [0, 0.05) is 13.1 Å². The Morgan fingerprint density at radius 1 is 1.21 bits per heavy atom. The van der Waals surface area contributed by atoms with Crippen molar-refractivity contribution in [2.24, 2.45) is 11.3 Å². The number of benzene rings is 1. The number of likely N-dealkylation sites (tertiary alicyclic amines) is 1. The van der Waals surface area contributed by atoms with Crippen LogP contribution in [0.1, 0.15) is 36.0 Å². The Bertz CT molecular complexity index is 651. The third kappa shape index (κ3) is 3.12. The summed E-state index contributed by atoms with van der Waals surface area (Å²) in [6.45, 7) is 7.34. The minimum atomic E-state index is -0.691. The molecule has 0 radical (unpaired) electrons. The van der Waals surface area contributed by atoms with Gasteiger partial charge in [0.25, 0.3) is 5.91 Å². The molecule has 1 aromatic rings. The molecule has 1 N–H and O–H groups in total. The van der Waals surface area contributed by atoms with Crippen LogP contribution in [0.4, 0.5) is 0 Å². The molecule has 5 heteroatoms. The molecule has 130 valence electrons. The van der Waals surface area contributed by atoms with E-state index in [1.165, 1.54) is 5.56 Å². The molecule has 2 aliphatic rings. The molecule has 1 heterocycles. The molecular weight excluding hydrogens is 306 g/mol. The predicted octanol–water partition coefficient (Wildman–Crippen LogP) is 2.70. The molecule has 1 spiro atoms. The van der Waals surface area contributed by atoms with Gasteiger partial charge in [-0.1, -0.05) is 17.7 Å². The number of aryl methyl sites for hydroxylation is 3. The molecule has 0 bridgehead atoms. The Balaban J connectivity index is 1.53. The molecule has 1 saturated heterocycles. The lowest BCUT2D eigenvalue weighted by atomic mass is 9.91. The second kappa shape index (κ2) is 6.11. The van der Waals surface area contributed by atoms with Gasteiger partial charge >= 0.3 is 5.97 Å². The molecule has 24 heavy (non-hydrogen) atoms. The smallest absolute Gasteiger partial charge is 0.307 e.